The molecule has 20 heavy (non-hydrogen) atoms. The van der Waals surface area contributed by atoms with Crippen molar-refractivity contribution < 1.29 is 9.84 Å². The second kappa shape index (κ2) is 4.49. The zero-order valence-corrected chi connectivity index (χ0v) is 14.0. The minimum atomic E-state index is -0.465. The van der Waals surface area contributed by atoms with E-state index < -0.39 is 5.72 Å². The quantitative estimate of drug-likeness (QED) is 0.756. The molecule has 0 radical (unpaired) electrons. The Morgan fingerprint density at radius 1 is 1.55 bits per heavy atom. The predicted octanol–water partition coefficient (Wildman–Crippen LogP) is 3.29. The van der Waals surface area contributed by atoms with Crippen LogP contribution in [0.25, 0.3) is 0 Å². The molecule has 1 aromatic rings. The second-order valence-electron chi connectivity index (χ2n) is 5.79. The number of phenols is 1. The molecule has 0 aromatic heterocycles. The first kappa shape index (κ1) is 13.9. The maximum absolute atomic E-state index is 9.78. The van der Waals surface area contributed by atoms with E-state index in [-0.39, 0.29) is 17.8 Å². The normalized spacial score (nSPS) is 27.9. The lowest BCUT2D eigenvalue weighted by atomic mass is 9.90. The largest absolute Gasteiger partial charge is 0.508 e. The van der Waals surface area contributed by atoms with Crippen molar-refractivity contribution in [1.29, 1.82) is 0 Å². The summed E-state index contributed by atoms with van der Waals surface area (Å²) in [5.41, 5.74) is 0.480. The molecule has 2 unspecified atom stereocenters. The van der Waals surface area contributed by atoms with E-state index in [9.17, 15) is 5.11 Å². The molecular weight excluding hydrogens is 340 g/mol. The molecule has 6 heteroatoms. The average Bonchev–Trinajstić information content (AvgIpc) is 2.29. The Balaban J connectivity index is 2.13. The topological polar surface area (TPSA) is 44.7 Å². The van der Waals surface area contributed by atoms with Crippen molar-refractivity contribution >= 4 is 33.3 Å². The number of fused-ring (bicyclic) bond motifs is 4. The Morgan fingerprint density at radius 3 is 2.90 bits per heavy atom. The molecule has 2 atom stereocenters. The minimum Gasteiger partial charge on any atom is -0.508 e. The number of benzene rings is 1. The number of hydrogen-bond donors (Lipinski definition) is 2. The van der Waals surface area contributed by atoms with Gasteiger partial charge < -0.3 is 20.1 Å². The molecule has 2 heterocycles. The Hall–Kier alpha value is -1.01. The van der Waals surface area contributed by atoms with Crippen molar-refractivity contribution in [3.63, 3.8) is 0 Å². The standard InChI is InChI=1S/C14H17BrN2O2S/c1-7(2)17-13(20)16-11-6-14(17,3)19-12-9(11)4-8(18)5-10(12)15/h4-5,7,11,18H,6H2,1-3H3,(H,16,20). The fraction of sp³-hybridized carbons (Fsp3) is 0.500. The molecule has 1 aromatic carbocycles. The van der Waals surface area contributed by atoms with Gasteiger partial charge in [-0.25, -0.2) is 0 Å². The van der Waals surface area contributed by atoms with Crippen LogP contribution in [-0.4, -0.2) is 26.9 Å². The summed E-state index contributed by atoms with van der Waals surface area (Å²) in [6.45, 7) is 6.27. The van der Waals surface area contributed by atoms with Crippen LogP contribution in [0.15, 0.2) is 16.6 Å². The molecular formula is C14H17BrN2O2S. The van der Waals surface area contributed by atoms with Gasteiger partial charge in [0, 0.05) is 18.0 Å². The third kappa shape index (κ3) is 1.97. The first-order chi connectivity index (χ1) is 9.32. The number of halogens is 1. The molecule has 0 saturated carbocycles. The zero-order chi connectivity index (χ0) is 14.7. The van der Waals surface area contributed by atoms with Crippen LogP contribution in [0.1, 0.15) is 38.8 Å². The highest BCUT2D eigenvalue weighted by atomic mass is 79.9. The lowest BCUT2D eigenvalue weighted by molar-refractivity contribution is -0.0814. The van der Waals surface area contributed by atoms with E-state index in [1.165, 1.54) is 0 Å². The number of hydrogen-bond acceptors (Lipinski definition) is 3. The Bertz CT molecular complexity index is 593. The molecule has 2 bridgehead atoms. The van der Waals surface area contributed by atoms with E-state index in [1.54, 1.807) is 12.1 Å². The molecule has 0 aliphatic carbocycles. The van der Waals surface area contributed by atoms with E-state index in [1.807, 2.05) is 0 Å². The lowest BCUT2D eigenvalue weighted by Crippen LogP contribution is -2.66. The van der Waals surface area contributed by atoms with Gasteiger partial charge in [-0.05, 0) is 61.1 Å². The van der Waals surface area contributed by atoms with Gasteiger partial charge in [0.25, 0.3) is 0 Å². The summed E-state index contributed by atoms with van der Waals surface area (Å²) in [4.78, 5) is 2.10. The number of rotatable bonds is 1. The number of nitrogens with one attached hydrogen (secondary N) is 1. The fourth-order valence-electron chi connectivity index (χ4n) is 3.21. The van der Waals surface area contributed by atoms with Gasteiger partial charge in [-0.3, -0.25) is 0 Å². The van der Waals surface area contributed by atoms with Crippen LogP contribution < -0.4 is 10.1 Å². The smallest absolute Gasteiger partial charge is 0.184 e. The van der Waals surface area contributed by atoms with E-state index in [0.717, 1.165) is 22.2 Å². The van der Waals surface area contributed by atoms with Crippen molar-refractivity contribution in [2.75, 3.05) is 0 Å². The highest BCUT2D eigenvalue weighted by Gasteiger charge is 2.49. The van der Waals surface area contributed by atoms with Gasteiger partial charge in [0.2, 0.25) is 0 Å². The molecule has 2 N–H and O–H groups in total. The fourth-order valence-corrected chi connectivity index (χ4v) is 4.30. The van der Waals surface area contributed by atoms with Crippen molar-refractivity contribution in [3.8, 4) is 11.5 Å². The number of aromatic hydroxyl groups is 1. The van der Waals surface area contributed by atoms with Crippen molar-refractivity contribution in [1.82, 2.24) is 10.2 Å². The minimum absolute atomic E-state index is 0.0645. The van der Waals surface area contributed by atoms with Crippen molar-refractivity contribution in [3.05, 3.63) is 22.2 Å². The van der Waals surface area contributed by atoms with Gasteiger partial charge in [0.15, 0.2) is 10.8 Å². The van der Waals surface area contributed by atoms with Gasteiger partial charge in [0.05, 0.1) is 10.5 Å². The first-order valence-corrected chi connectivity index (χ1v) is 7.83. The predicted molar refractivity (Wildman–Crippen MR) is 84.9 cm³/mol. The molecule has 0 spiro atoms. The van der Waals surface area contributed by atoms with Crippen molar-refractivity contribution in [2.24, 2.45) is 0 Å². The van der Waals surface area contributed by atoms with Crippen LogP contribution in [0.2, 0.25) is 0 Å². The van der Waals surface area contributed by atoms with Gasteiger partial charge >= 0.3 is 0 Å². The van der Waals surface area contributed by atoms with Crippen LogP contribution in [0.3, 0.4) is 0 Å². The first-order valence-electron chi connectivity index (χ1n) is 6.63. The summed E-state index contributed by atoms with van der Waals surface area (Å²) < 4.78 is 7.03. The Kier molecular flexibility index (Phi) is 3.14. The van der Waals surface area contributed by atoms with Gasteiger partial charge in [0.1, 0.15) is 11.5 Å². The summed E-state index contributed by atoms with van der Waals surface area (Å²) in [7, 11) is 0. The monoisotopic (exact) mass is 356 g/mol. The summed E-state index contributed by atoms with van der Waals surface area (Å²) in [6, 6.07) is 3.71. The molecule has 108 valence electrons. The van der Waals surface area contributed by atoms with Gasteiger partial charge in [-0.1, -0.05) is 0 Å². The van der Waals surface area contributed by atoms with Crippen LogP contribution in [0.5, 0.6) is 11.5 Å². The molecule has 3 rings (SSSR count). The molecule has 4 nitrogen and oxygen atoms in total. The lowest BCUT2D eigenvalue weighted by Gasteiger charge is -2.54. The molecule has 0 amide bonds. The number of thiocarbonyl (C=S) groups is 1. The van der Waals surface area contributed by atoms with Gasteiger partial charge in [-0.15, -0.1) is 0 Å². The second-order valence-corrected chi connectivity index (χ2v) is 7.03. The third-order valence-corrected chi connectivity index (χ3v) is 4.78. The summed E-state index contributed by atoms with van der Waals surface area (Å²) >= 11 is 8.96. The van der Waals surface area contributed by atoms with E-state index in [4.69, 9.17) is 17.0 Å². The highest BCUT2D eigenvalue weighted by Crippen LogP contribution is 2.48. The van der Waals surface area contributed by atoms with Crippen molar-refractivity contribution in [2.45, 2.75) is 45.0 Å². The Labute approximate surface area is 132 Å². The summed E-state index contributed by atoms with van der Waals surface area (Å²) in [5.74, 6) is 1.00. The van der Waals surface area contributed by atoms with E-state index in [0.29, 0.717) is 5.11 Å². The highest BCUT2D eigenvalue weighted by molar-refractivity contribution is 9.10. The van der Waals surface area contributed by atoms with Crippen LogP contribution >= 0.6 is 28.1 Å². The number of nitrogens with zero attached hydrogens (tertiary/aromatic N) is 1. The molecule has 1 fully saturated rings. The molecule has 2 aliphatic heterocycles. The number of ether oxygens (including phenoxy) is 1. The van der Waals surface area contributed by atoms with Crippen LogP contribution in [0.4, 0.5) is 0 Å². The van der Waals surface area contributed by atoms with Crippen LogP contribution in [0, 0.1) is 0 Å². The van der Waals surface area contributed by atoms with Gasteiger partial charge in [-0.2, -0.15) is 0 Å². The van der Waals surface area contributed by atoms with E-state index in [2.05, 4.69) is 46.9 Å². The Morgan fingerprint density at radius 2 is 2.25 bits per heavy atom. The SMILES string of the molecule is CC(C)N1C(=S)NC2CC1(C)Oc1c(Br)cc(O)cc12. The molecule has 2 aliphatic rings. The third-order valence-electron chi connectivity index (χ3n) is 3.88. The number of phenolic OH excluding ortho intramolecular Hbond substituents is 1. The van der Waals surface area contributed by atoms with Crippen LogP contribution in [-0.2, 0) is 0 Å². The maximum atomic E-state index is 9.78. The zero-order valence-electron chi connectivity index (χ0n) is 11.6. The summed E-state index contributed by atoms with van der Waals surface area (Å²) in [5, 5.41) is 13.8. The average molecular weight is 357 g/mol. The van der Waals surface area contributed by atoms with E-state index >= 15 is 0 Å². The molecule has 1 saturated heterocycles. The summed E-state index contributed by atoms with van der Waals surface area (Å²) in [6.07, 6.45) is 0.786. The maximum Gasteiger partial charge on any atom is 0.184 e.